The van der Waals surface area contributed by atoms with Gasteiger partial charge in [-0.1, -0.05) is 26.7 Å². The highest BCUT2D eigenvalue weighted by Gasteiger charge is 2.17. The molecule has 0 aliphatic carbocycles. The van der Waals surface area contributed by atoms with Crippen LogP contribution in [-0.4, -0.2) is 15.0 Å². The number of benzene rings is 1. The minimum Gasteiger partial charge on any atom is -0.399 e. The van der Waals surface area contributed by atoms with E-state index in [2.05, 4.69) is 18.6 Å². The van der Waals surface area contributed by atoms with Crippen molar-refractivity contribution in [2.24, 2.45) is 5.92 Å². The largest absolute Gasteiger partial charge is 0.399 e. The molecule has 1 aromatic rings. The van der Waals surface area contributed by atoms with E-state index < -0.39 is 10.0 Å². The first kappa shape index (κ1) is 15.0. The van der Waals surface area contributed by atoms with Crippen LogP contribution in [0.4, 0.5) is 5.69 Å². The second-order valence-corrected chi connectivity index (χ2v) is 6.29. The summed E-state index contributed by atoms with van der Waals surface area (Å²) in [6.07, 6.45) is 1.94. The van der Waals surface area contributed by atoms with Crippen LogP contribution in [-0.2, 0) is 10.0 Å². The van der Waals surface area contributed by atoms with Crippen LogP contribution in [0, 0.1) is 12.8 Å². The van der Waals surface area contributed by atoms with E-state index in [4.69, 9.17) is 5.73 Å². The Morgan fingerprint density at radius 3 is 2.39 bits per heavy atom. The van der Waals surface area contributed by atoms with Crippen LogP contribution in [0.2, 0.25) is 0 Å². The van der Waals surface area contributed by atoms with Crippen molar-refractivity contribution in [3.63, 3.8) is 0 Å². The topological polar surface area (TPSA) is 72.2 Å². The first-order valence-corrected chi connectivity index (χ1v) is 7.74. The molecule has 1 rings (SSSR count). The van der Waals surface area contributed by atoms with Crippen molar-refractivity contribution in [2.45, 2.75) is 38.5 Å². The molecule has 0 aromatic heterocycles. The maximum atomic E-state index is 12.1. The molecule has 0 fully saturated rings. The molecular weight excluding hydrogens is 248 g/mol. The molecule has 5 heteroatoms. The summed E-state index contributed by atoms with van der Waals surface area (Å²) < 4.78 is 27.0. The Labute approximate surface area is 110 Å². The molecule has 0 bridgehead atoms. The third-order valence-electron chi connectivity index (χ3n) is 3.21. The molecule has 0 atom stereocenters. The fraction of sp³-hybridized carbons (Fsp3) is 0.538. The van der Waals surface area contributed by atoms with Gasteiger partial charge in [0.15, 0.2) is 0 Å². The van der Waals surface area contributed by atoms with Gasteiger partial charge in [-0.2, -0.15) is 0 Å². The third-order valence-corrected chi connectivity index (χ3v) is 4.79. The van der Waals surface area contributed by atoms with E-state index >= 15 is 0 Å². The van der Waals surface area contributed by atoms with Crippen LogP contribution in [0.3, 0.4) is 0 Å². The fourth-order valence-electron chi connectivity index (χ4n) is 1.86. The minimum atomic E-state index is -3.43. The number of anilines is 1. The Morgan fingerprint density at radius 2 is 1.89 bits per heavy atom. The van der Waals surface area contributed by atoms with Gasteiger partial charge >= 0.3 is 0 Å². The van der Waals surface area contributed by atoms with E-state index in [-0.39, 0.29) is 0 Å². The van der Waals surface area contributed by atoms with Gasteiger partial charge in [0.2, 0.25) is 10.0 Å². The van der Waals surface area contributed by atoms with Gasteiger partial charge in [-0.25, -0.2) is 13.1 Å². The molecule has 0 saturated heterocycles. The smallest absolute Gasteiger partial charge is 0.240 e. The highest BCUT2D eigenvalue weighted by Crippen LogP contribution is 2.18. The summed E-state index contributed by atoms with van der Waals surface area (Å²) in [5, 5.41) is 0. The molecule has 1 aromatic carbocycles. The van der Waals surface area contributed by atoms with Gasteiger partial charge < -0.3 is 5.73 Å². The maximum Gasteiger partial charge on any atom is 0.240 e. The lowest BCUT2D eigenvalue weighted by atomic mass is 10.0. The SMILES string of the molecule is CCC(CC)CNS(=O)(=O)c1ccc(N)cc1C. The molecular formula is C13H22N2O2S. The van der Waals surface area contributed by atoms with Crippen molar-refractivity contribution in [3.05, 3.63) is 23.8 Å². The molecule has 0 heterocycles. The average molecular weight is 270 g/mol. The molecule has 0 unspecified atom stereocenters. The number of sulfonamides is 1. The normalized spacial score (nSPS) is 12.0. The molecule has 102 valence electrons. The standard InChI is InChI=1S/C13H22N2O2S/c1-4-11(5-2)9-15-18(16,17)13-7-6-12(14)8-10(13)3/h6-8,11,15H,4-5,9,14H2,1-3H3. The monoisotopic (exact) mass is 270 g/mol. The van der Waals surface area contributed by atoms with E-state index in [1.807, 2.05) is 0 Å². The Bertz CT molecular complexity index is 494. The Balaban J connectivity index is 2.86. The lowest BCUT2D eigenvalue weighted by Crippen LogP contribution is -2.29. The second-order valence-electron chi connectivity index (χ2n) is 4.56. The second kappa shape index (κ2) is 6.20. The van der Waals surface area contributed by atoms with Gasteiger partial charge in [-0.3, -0.25) is 0 Å². The highest BCUT2D eigenvalue weighted by atomic mass is 32.2. The van der Waals surface area contributed by atoms with Crippen LogP contribution in [0.5, 0.6) is 0 Å². The lowest BCUT2D eigenvalue weighted by molar-refractivity contribution is 0.479. The summed E-state index contributed by atoms with van der Waals surface area (Å²) in [6.45, 7) is 6.37. The third kappa shape index (κ3) is 3.71. The van der Waals surface area contributed by atoms with Crippen molar-refractivity contribution in [2.75, 3.05) is 12.3 Å². The van der Waals surface area contributed by atoms with Gasteiger partial charge in [-0.15, -0.1) is 0 Å². The van der Waals surface area contributed by atoms with E-state index in [1.54, 1.807) is 25.1 Å². The molecule has 0 radical (unpaired) electrons. The number of nitrogens with two attached hydrogens (primary N) is 1. The zero-order valence-electron chi connectivity index (χ0n) is 11.2. The molecule has 0 saturated carbocycles. The van der Waals surface area contributed by atoms with E-state index in [0.29, 0.717) is 28.6 Å². The number of nitrogens with one attached hydrogen (secondary N) is 1. The van der Waals surface area contributed by atoms with Crippen molar-refractivity contribution >= 4 is 15.7 Å². The van der Waals surface area contributed by atoms with Crippen molar-refractivity contribution in [1.82, 2.24) is 4.72 Å². The Kier molecular flexibility index (Phi) is 5.16. The molecule has 0 aliphatic heterocycles. The van der Waals surface area contributed by atoms with E-state index in [0.717, 1.165) is 12.8 Å². The van der Waals surface area contributed by atoms with Gasteiger partial charge in [0.05, 0.1) is 4.90 Å². The molecule has 0 spiro atoms. The molecule has 3 N–H and O–H groups in total. The summed E-state index contributed by atoms with van der Waals surface area (Å²) in [5.74, 6) is 0.383. The predicted molar refractivity (Wildman–Crippen MR) is 74.9 cm³/mol. The van der Waals surface area contributed by atoms with Gasteiger partial charge in [0.25, 0.3) is 0 Å². The van der Waals surface area contributed by atoms with Gasteiger partial charge in [0.1, 0.15) is 0 Å². The van der Waals surface area contributed by atoms with E-state index in [1.165, 1.54) is 0 Å². The predicted octanol–water partition coefficient (Wildman–Crippen LogP) is 2.29. The number of nitrogen functional groups attached to an aromatic ring is 1. The quantitative estimate of drug-likeness (QED) is 0.779. The Morgan fingerprint density at radius 1 is 1.28 bits per heavy atom. The Hall–Kier alpha value is -1.07. The van der Waals surface area contributed by atoms with Crippen LogP contribution in [0.15, 0.2) is 23.1 Å². The zero-order chi connectivity index (χ0) is 13.8. The minimum absolute atomic E-state index is 0.308. The summed E-state index contributed by atoms with van der Waals surface area (Å²) >= 11 is 0. The molecule has 0 amide bonds. The van der Waals surface area contributed by atoms with Crippen LogP contribution < -0.4 is 10.5 Å². The lowest BCUT2D eigenvalue weighted by Gasteiger charge is -2.14. The number of aryl methyl sites for hydroxylation is 1. The summed E-state index contributed by atoms with van der Waals surface area (Å²) in [6, 6.07) is 4.84. The molecule has 18 heavy (non-hydrogen) atoms. The number of rotatable bonds is 6. The van der Waals surface area contributed by atoms with E-state index in [9.17, 15) is 8.42 Å². The average Bonchev–Trinajstić information content (AvgIpc) is 2.29. The maximum absolute atomic E-state index is 12.1. The first-order valence-electron chi connectivity index (χ1n) is 6.26. The zero-order valence-corrected chi connectivity index (χ0v) is 12.0. The summed E-state index contributed by atoms with van der Waals surface area (Å²) in [7, 11) is -3.43. The van der Waals surface area contributed by atoms with Crippen LogP contribution in [0.1, 0.15) is 32.3 Å². The molecule has 4 nitrogen and oxygen atoms in total. The van der Waals surface area contributed by atoms with Crippen LogP contribution in [0.25, 0.3) is 0 Å². The van der Waals surface area contributed by atoms with Crippen molar-refractivity contribution in [3.8, 4) is 0 Å². The molecule has 0 aliphatic rings. The highest BCUT2D eigenvalue weighted by molar-refractivity contribution is 7.89. The van der Waals surface area contributed by atoms with Crippen molar-refractivity contribution in [1.29, 1.82) is 0 Å². The van der Waals surface area contributed by atoms with Crippen LogP contribution >= 0.6 is 0 Å². The first-order chi connectivity index (χ1) is 8.40. The number of hydrogen-bond acceptors (Lipinski definition) is 3. The number of hydrogen-bond donors (Lipinski definition) is 2. The van der Waals surface area contributed by atoms with Crippen molar-refractivity contribution < 1.29 is 8.42 Å². The summed E-state index contributed by atoms with van der Waals surface area (Å²) in [5.41, 5.74) is 6.87. The fourth-order valence-corrected chi connectivity index (χ4v) is 3.20. The van der Waals surface area contributed by atoms with Gasteiger partial charge in [0, 0.05) is 12.2 Å². The summed E-state index contributed by atoms with van der Waals surface area (Å²) in [4.78, 5) is 0.308. The van der Waals surface area contributed by atoms with Gasteiger partial charge in [-0.05, 0) is 36.6 Å².